The van der Waals surface area contributed by atoms with Gasteiger partial charge in [0.15, 0.2) is 11.2 Å². The zero-order valence-corrected chi connectivity index (χ0v) is 29.3. The topological polar surface area (TPSA) is 52.1 Å². The molecule has 5 heteroatoms. The van der Waals surface area contributed by atoms with Crippen LogP contribution in [0.4, 0.5) is 0 Å². The summed E-state index contributed by atoms with van der Waals surface area (Å²) in [5.41, 5.74) is 14.7. The first kappa shape index (κ1) is 29.4. The second-order valence-electron chi connectivity index (χ2n) is 14.2. The van der Waals surface area contributed by atoms with E-state index in [1.54, 1.807) is 0 Å². The summed E-state index contributed by atoms with van der Waals surface area (Å²) in [6.07, 6.45) is 0. The number of hydrogen-bond acceptors (Lipinski definition) is 5. The Morgan fingerprint density at radius 3 is 1.77 bits per heavy atom. The quantitative estimate of drug-likeness (QED) is 0.185. The van der Waals surface area contributed by atoms with Crippen LogP contribution >= 0.6 is 11.3 Å². The van der Waals surface area contributed by atoms with Crippen LogP contribution in [0.5, 0.6) is 0 Å². The molecule has 0 bridgehead atoms. The van der Waals surface area contributed by atoms with Crippen LogP contribution in [0.3, 0.4) is 0 Å². The third-order valence-electron chi connectivity index (χ3n) is 10.7. The Kier molecular flexibility index (Phi) is 6.14. The molecule has 0 radical (unpaired) electrons. The molecule has 0 atom stereocenters. The highest BCUT2D eigenvalue weighted by Crippen LogP contribution is 2.54. The first-order chi connectivity index (χ1) is 25.5. The van der Waals surface area contributed by atoms with E-state index >= 15 is 0 Å². The van der Waals surface area contributed by atoms with Gasteiger partial charge >= 0.3 is 0 Å². The van der Waals surface area contributed by atoms with E-state index in [-0.39, 0.29) is 5.41 Å². The monoisotopic (exact) mass is 686 g/mol. The fourth-order valence-electron chi connectivity index (χ4n) is 8.21. The average Bonchev–Trinajstić information content (AvgIpc) is 3.96. The standard InChI is InChI=1S/C47H30N2O2S/c1-47(2)36-26-29(18-19-33(36)34-20-21-42-43(44(34)47)35-12-3-8-17-41(35)52-42)27-10-9-11-28(22-27)30-23-31(45-48-37-13-4-6-15-39(37)50-45)25-32(24-30)46-49-38-14-5-7-16-40(38)51-46/h3-26H,1-2H3. The van der Waals surface area contributed by atoms with Crippen molar-refractivity contribution in [1.29, 1.82) is 0 Å². The molecule has 0 fully saturated rings. The summed E-state index contributed by atoms with van der Waals surface area (Å²) in [5.74, 6) is 1.12. The molecule has 0 saturated carbocycles. The van der Waals surface area contributed by atoms with E-state index in [1.807, 2.05) is 59.9 Å². The molecule has 7 aromatic carbocycles. The summed E-state index contributed by atoms with van der Waals surface area (Å²) in [5, 5.41) is 2.75. The van der Waals surface area contributed by atoms with Gasteiger partial charge in [0.1, 0.15) is 11.0 Å². The number of oxazole rings is 2. The minimum absolute atomic E-state index is 0.149. The Hall–Kier alpha value is -6.30. The third-order valence-corrected chi connectivity index (χ3v) is 11.8. The van der Waals surface area contributed by atoms with Crippen molar-refractivity contribution in [2.24, 2.45) is 0 Å². The SMILES string of the molecule is CC1(C)c2cc(-c3cccc(-c4cc(-c5nc6ccccc6o5)cc(-c5nc6ccccc6o5)c4)c3)ccc2-c2ccc3sc4ccccc4c3c21. The van der Waals surface area contributed by atoms with Gasteiger partial charge in [-0.2, -0.15) is 0 Å². The van der Waals surface area contributed by atoms with Crippen LogP contribution < -0.4 is 0 Å². The molecule has 3 aromatic heterocycles. The van der Waals surface area contributed by atoms with E-state index in [1.165, 1.54) is 48.0 Å². The van der Waals surface area contributed by atoms with Gasteiger partial charge in [0.25, 0.3) is 0 Å². The highest BCUT2D eigenvalue weighted by molar-refractivity contribution is 7.25. The molecule has 0 unspecified atom stereocenters. The molecule has 1 aliphatic rings. The number of para-hydroxylation sites is 4. The highest BCUT2D eigenvalue weighted by atomic mass is 32.1. The first-order valence-electron chi connectivity index (χ1n) is 17.6. The number of hydrogen-bond donors (Lipinski definition) is 0. The van der Waals surface area contributed by atoms with E-state index in [0.717, 1.165) is 50.0 Å². The lowest BCUT2D eigenvalue weighted by Gasteiger charge is -2.23. The smallest absolute Gasteiger partial charge is 0.227 e. The Morgan fingerprint density at radius 2 is 1.06 bits per heavy atom. The first-order valence-corrected chi connectivity index (χ1v) is 18.4. The molecular formula is C47H30N2O2S. The minimum Gasteiger partial charge on any atom is -0.436 e. The Labute approximate surface area is 303 Å². The second-order valence-corrected chi connectivity index (χ2v) is 15.3. The summed E-state index contributed by atoms with van der Waals surface area (Å²) >= 11 is 1.89. The van der Waals surface area contributed by atoms with Crippen molar-refractivity contribution in [3.63, 3.8) is 0 Å². The molecule has 0 N–H and O–H groups in total. The van der Waals surface area contributed by atoms with Crippen LogP contribution in [0.15, 0.2) is 154 Å². The zero-order valence-electron chi connectivity index (χ0n) is 28.5. The third kappa shape index (κ3) is 4.39. The van der Waals surface area contributed by atoms with Crippen LogP contribution in [0.1, 0.15) is 25.0 Å². The van der Waals surface area contributed by atoms with Crippen molar-refractivity contribution in [3.8, 4) is 56.3 Å². The van der Waals surface area contributed by atoms with E-state index in [2.05, 4.69) is 111 Å². The van der Waals surface area contributed by atoms with Crippen LogP contribution in [0.25, 0.3) is 98.7 Å². The van der Waals surface area contributed by atoms with Crippen molar-refractivity contribution < 1.29 is 8.83 Å². The normalized spacial score (nSPS) is 13.3. The predicted molar refractivity (Wildman–Crippen MR) is 214 cm³/mol. The Bertz CT molecular complexity index is 2910. The van der Waals surface area contributed by atoms with E-state index in [4.69, 9.17) is 18.8 Å². The van der Waals surface area contributed by atoms with Crippen LogP contribution in [0.2, 0.25) is 0 Å². The van der Waals surface area contributed by atoms with Crippen molar-refractivity contribution in [1.82, 2.24) is 9.97 Å². The van der Waals surface area contributed by atoms with E-state index in [0.29, 0.717) is 11.8 Å². The summed E-state index contributed by atoms with van der Waals surface area (Å²) < 4.78 is 15.2. The molecule has 3 heterocycles. The summed E-state index contributed by atoms with van der Waals surface area (Å²) in [6, 6.07) is 51.3. The number of fused-ring (bicyclic) bond motifs is 9. The lowest BCUT2D eigenvalue weighted by molar-refractivity contribution is 0.617. The molecule has 52 heavy (non-hydrogen) atoms. The second kappa shape index (κ2) is 10.8. The molecule has 1 aliphatic carbocycles. The van der Waals surface area contributed by atoms with E-state index in [9.17, 15) is 0 Å². The molecule has 246 valence electrons. The number of nitrogens with zero attached hydrogens (tertiary/aromatic N) is 2. The van der Waals surface area contributed by atoms with Gasteiger partial charge in [0.2, 0.25) is 11.8 Å². The van der Waals surface area contributed by atoms with Gasteiger partial charge < -0.3 is 8.83 Å². The van der Waals surface area contributed by atoms with E-state index < -0.39 is 0 Å². The Morgan fingerprint density at radius 1 is 0.481 bits per heavy atom. The van der Waals surface area contributed by atoms with Crippen LogP contribution in [-0.4, -0.2) is 9.97 Å². The van der Waals surface area contributed by atoms with Crippen molar-refractivity contribution in [2.75, 3.05) is 0 Å². The molecule has 0 amide bonds. The van der Waals surface area contributed by atoms with Crippen molar-refractivity contribution >= 4 is 53.7 Å². The van der Waals surface area contributed by atoms with Gasteiger partial charge in [0, 0.05) is 36.7 Å². The lowest BCUT2D eigenvalue weighted by atomic mass is 9.80. The maximum atomic E-state index is 6.26. The molecule has 0 spiro atoms. The summed E-state index contributed by atoms with van der Waals surface area (Å²) in [4.78, 5) is 9.68. The maximum Gasteiger partial charge on any atom is 0.227 e. The van der Waals surface area contributed by atoms with Gasteiger partial charge in [-0.25, -0.2) is 9.97 Å². The molecule has 0 saturated heterocycles. The van der Waals surface area contributed by atoms with Gasteiger partial charge in [-0.05, 0) is 111 Å². The predicted octanol–water partition coefficient (Wildman–Crippen LogP) is 13.3. The Balaban J connectivity index is 1.04. The molecular weight excluding hydrogens is 657 g/mol. The highest BCUT2D eigenvalue weighted by Gasteiger charge is 2.38. The minimum atomic E-state index is -0.149. The van der Waals surface area contributed by atoms with Crippen molar-refractivity contribution in [2.45, 2.75) is 19.3 Å². The van der Waals surface area contributed by atoms with Gasteiger partial charge in [-0.1, -0.05) is 92.7 Å². The number of thiophene rings is 1. The fourth-order valence-corrected chi connectivity index (χ4v) is 9.33. The van der Waals surface area contributed by atoms with Crippen LogP contribution in [0, 0.1) is 0 Å². The number of rotatable bonds is 4. The molecule has 0 aliphatic heterocycles. The zero-order chi connectivity index (χ0) is 34.6. The molecule has 10 aromatic rings. The fraction of sp³-hybridized carbons (Fsp3) is 0.0638. The number of aromatic nitrogens is 2. The van der Waals surface area contributed by atoms with Gasteiger partial charge in [-0.3, -0.25) is 0 Å². The average molecular weight is 687 g/mol. The van der Waals surface area contributed by atoms with Gasteiger partial charge in [-0.15, -0.1) is 11.3 Å². The molecule has 4 nitrogen and oxygen atoms in total. The summed E-state index contributed by atoms with van der Waals surface area (Å²) in [6.45, 7) is 4.77. The van der Waals surface area contributed by atoms with Crippen molar-refractivity contribution in [3.05, 3.63) is 157 Å². The largest absolute Gasteiger partial charge is 0.436 e. The summed E-state index contributed by atoms with van der Waals surface area (Å²) in [7, 11) is 0. The van der Waals surface area contributed by atoms with Gasteiger partial charge in [0.05, 0.1) is 0 Å². The lowest BCUT2D eigenvalue weighted by Crippen LogP contribution is -2.15. The van der Waals surface area contributed by atoms with Crippen LogP contribution in [-0.2, 0) is 5.41 Å². The maximum absolute atomic E-state index is 6.26. The molecule has 11 rings (SSSR count). The number of benzene rings is 7.